The minimum atomic E-state index is -0.0912. The molecule has 0 radical (unpaired) electrons. The second-order valence-electron chi connectivity index (χ2n) is 9.05. The van der Waals surface area contributed by atoms with E-state index in [1.165, 1.54) is 11.3 Å². The van der Waals surface area contributed by atoms with Gasteiger partial charge in [0.05, 0.1) is 46.8 Å². The van der Waals surface area contributed by atoms with Gasteiger partial charge in [-0.2, -0.15) is 0 Å². The molecule has 3 heterocycles. The third kappa shape index (κ3) is 6.13. The van der Waals surface area contributed by atoms with Crippen LogP contribution in [-0.4, -0.2) is 90.6 Å². The van der Waals surface area contributed by atoms with Crippen LogP contribution in [0.25, 0.3) is 0 Å². The Bertz CT molecular complexity index is 702. The molecule has 2 aliphatic rings. The van der Waals surface area contributed by atoms with E-state index in [0.717, 1.165) is 61.5 Å². The Hall–Kier alpha value is -1.71. The lowest BCUT2D eigenvalue weighted by molar-refractivity contribution is -0.894. The second kappa shape index (κ2) is 9.40. The van der Waals surface area contributed by atoms with Crippen molar-refractivity contribution in [1.82, 2.24) is 20.1 Å². The van der Waals surface area contributed by atoms with Crippen LogP contribution in [0.5, 0.6) is 0 Å². The number of amides is 3. The van der Waals surface area contributed by atoms with Crippen molar-refractivity contribution < 1.29 is 14.1 Å². The number of carbonyl (C=O) groups is 2. The number of piperazine rings is 1. The van der Waals surface area contributed by atoms with Crippen molar-refractivity contribution in [2.24, 2.45) is 5.92 Å². The predicted octanol–water partition coefficient (Wildman–Crippen LogP) is 1.80. The van der Waals surface area contributed by atoms with E-state index >= 15 is 0 Å². The molecule has 0 saturated carbocycles. The number of thiazole rings is 1. The van der Waals surface area contributed by atoms with Crippen LogP contribution in [0.3, 0.4) is 0 Å². The number of hydrogen-bond donors (Lipinski definition) is 2. The van der Waals surface area contributed by atoms with Gasteiger partial charge in [-0.15, -0.1) is 0 Å². The SMILES string of the molecule is CC(C)N1CCC(C(=O)NCc2cnc(NC(=O)N3CC[N+](C)(C)CC3)s2)CC1. The van der Waals surface area contributed by atoms with E-state index < -0.39 is 0 Å². The van der Waals surface area contributed by atoms with Crippen molar-refractivity contribution in [2.45, 2.75) is 39.3 Å². The van der Waals surface area contributed by atoms with Crippen molar-refractivity contribution in [1.29, 1.82) is 0 Å². The number of rotatable bonds is 5. The Kier molecular flexibility index (Phi) is 7.13. The highest BCUT2D eigenvalue weighted by molar-refractivity contribution is 7.15. The average Bonchev–Trinajstić information content (AvgIpc) is 3.13. The molecule has 162 valence electrons. The molecular weight excluding hydrogens is 388 g/mol. The summed E-state index contributed by atoms with van der Waals surface area (Å²) >= 11 is 1.42. The zero-order chi connectivity index (χ0) is 21.0. The molecule has 1 aromatic rings. The fraction of sp³-hybridized carbons (Fsp3) is 0.750. The number of carbonyl (C=O) groups excluding carboxylic acids is 2. The van der Waals surface area contributed by atoms with Crippen molar-refractivity contribution in [3.63, 3.8) is 0 Å². The number of likely N-dealkylation sites (N-methyl/N-ethyl adjacent to an activating group) is 1. The minimum Gasteiger partial charge on any atom is -0.351 e. The van der Waals surface area contributed by atoms with Crippen LogP contribution in [0.4, 0.5) is 9.93 Å². The van der Waals surface area contributed by atoms with E-state index in [0.29, 0.717) is 17.7 Å². The summed E-state index contributed by atoms with van der Waals surface area (Å²) in [4.78, 5) is 34.4. The fourth-order valence-electron chi connectivity index (χ4n) is 3.82. The molecule has 3 amide bonds. The zero-order valence-electron chi connectivity index (χ0n) is 18.1. The second-order valence-corrected chi connectivity index (χ2v) is 10.2. The molecule has 2 N–H and O–H groups in total. The third-order valence-electron chi connectivity index (χ3n) is 6.07. The number of anilines is 1. The Labute approximate surface area is 177 Å². The summed E-state index contributed by atoms with van der Waals surface area (Å²) in [6, 6.07) is 0.451. The molecule has 0 aromatic carbocycles. The summed E-state index contributed by atoms with van der Waals surface area (Å²) in [5.41, 5.74) is 0. The smallest absolute Gasteiger partial charge is 0.324 e. The van der Waals surface area contributed by atoms with Gasteiger partial charge in [-0.3, -0.25) is 10.1 Å². The van der Waals surface area contributed by atoms with Crippen LogP contribution in [0.2, 0.25) is 0 Å². The van der Waals surface area contributed by atoms with Gasteiger partial charge in [-0.25, -0.2) is 9.78 Å². The molecular formula is C20H35N6O2S+. The number of urea groups is 1. The highest BCUT2D eigenvalue weighted by Gasteiger charge is 2.28. The molecule has 1 aromatic heterocycles. The maximum absolute atomic E-state index is 12.5. The molecule has 29 heavy (non-hydrogen) atoms. The Morgan fingerprint density at radius 2 is 1.86 bits per heavy atom. The number of nitrogens with one attached hydrogen (secondary N) is 2. The van der Waals surface area contributed by atoms with Gasteiger partial charge in [0.2, 0.25) is 5.91 Å². The van der Waals surface area contributed by atoms with E-state index in [9.17, 15) is 9.59 Å². The largest absolute Gasteiger partial charge is 0.351 e. The van der Waals surface area contributed by atoms with Gasteiger partial charge in [0.15, 0.2) is 5.13 Å². The van der Waals surface area contributed by atoms with Crippen LogP contribution >= 0.6 is 11.3 Å². The van der Waals surface area contributed by atoms with Crippen LogP contribution in [-0.2, 0) is 11.3 Å². The highest BCUT2D eigenvalue weighted by atomic mass is 32.1. The van der Waals surface area contributed by atoms with Crippen molar-refractivity contribution in [3.05, 3.63) is 11.1 Å². The average molecular weight is 424 g/mol. The molecule has 0 aliphatic carbocycles. The summed E-state index contributed by atoms with van der Waals surface area (Å²) in [6.07, 6.45) is 3.57. The maximum Gasteiger partial charge on any atom is 0.324 e. The number of likely N-dealkylation sites (tertiary alicyclic amines) is 1. The normalized spacial score (nSPS) is 20.7. The molecule has 0 atom stereocenters. The number of piperidine rings is 1. The van der Waals surface area contributed by atoms with Gasteiger partial charge >= 0.3 is 6.03 Å². The van der Waals surface area contributed by atoms with Crippen molar-refractivity contribution in [2.75, 3.05) is 58.7 Å². The first-order valence-electron chi connectivity index (χ1n) is 10.6. The van der Waals surface area contributed by atoms with Crippen LogP contribution in [0.15, 0.2) is 6.20 Å². The summed E-state index contributed by atoms with van der Waals surface area (Å²) < 4.78 is 0.946. The summed E-state index contributed by atoms with van der Waals surface area (Å²) in [5, 5.41) is 6.52. The zero-order valence-corrected chi connectivity index (χ0v) is 18.9. The molecule has 0 spiro atoms. The highest BCUT2D eigenvalue weighted by Crippen LogP contribution is 2.21. The first kappa shape index (κ1) is 22.0. The summed E-state index contributed by atoms with van der Waals surface area (Å²) in [5.74, 6) is 0.222. The fourth-order valence-corrected chi connectivity index (χ4v) is 4.57. The first-order valence-corrected chi connectivity index (χ1v) is 11.4. The molecule has 0 bridgehead atoms. The van der Waals surface area contributed by atoms with Gasteiger partial charge in [0, 0.05) is 23.0 Å². The van der Waals surface area contributed by atoms with Crippen molar-refractivity contribution >= 4 is 28.4 Å². The topological polar surface area (TPSA) is 77.6 Å². The molecule has 2 saturated heterocycles. The van der Waals surface area contributed by atoms with Crippen LogP contribution < -0.4 is 10.6 Å². The number of aromatic nitrogens is 1. The van der Waals surface area contributed by atoms with E-state index in [2.05, 4.69) is 48.5 Å². The molecule has 9 heteroatoms. The van der Waals surface area contributed by atoms with E-state index in [-0.39, 0.29) is 17.9 Å². The monoisotopic (exact) mass is 423 g/mol. The third-order valence-corrected chi connectivity index (χ3v) is 6.99. The molecule has 8 nitrogen and oxygen atoms in total. The molecule has 3 rings (SSSR count). The molecule has 2 aliphatic heterocycles. The first-order chi connectivity index (χ1) is 13.7. The van der Waals surface area contributed by atoms with Gasteiger partial charge in [-0.1, -0.05) is 11.3 Å². The van der Waals surface area contributed by atoms with Crippen molar-refractivity contribution in [3.8, 4) is 0 Å². The number of nitrogens with zero attached hydrogens (tertiary/aromatic N) is 4. The lowest BCUT2D eigenvalue weighted by atomic mass is 9.95. The molecule has 0 unspecified atom stereocenters. The van der Waals surface area contributed by atoms with E-state index in [1.54, 1.807) is 6.20 Å². The quantitative estimate of drug-likeness (QED) is 0.708. The van der Waals surface area contributed by atoms with E-state index in [4.69, 9.17) is 0 Å². The van der Waals surface area contributed by atoms with Gasteiger partial charge < -0.3 is 19.6 Å². The standard InChI is InChI=1S/C20H34N6O2S/c1-15(2)24-7-5-16(6-8-24)18(27)21-13-17-14-22-19(29-17)23-20(28)25-9-11-26(3,4)12-10-25/h14-16H,5-13H2,1-4H3,(H-,21,22,23,27,28)/p+1. The molecule has 2 fully saturated rings. The van der Waals surface area contributed by atoms with Gasteiger partial charge in [0.1, 0.15) is 0 Å². The Balaban J connectivity index is 1.41. The van der Waals surface area contributed by atoms with Crippen LogP contribution in [0, 0.1) is 5.92 Å². The lowest BCUT2D eigenvalue weighted by Crippen LogP contribution is -2.56. The van der Waals surface area contributed by atoms with Gasteiger partial charge in [-0.05, 0) is 39.8 Å². The predicted molar refractivity (Wildman–Crippen MR) is 116 cm³/mol. The lowest BCUT2D eigenvalue weighted by Gasteiger charge is -2.38. The summed E-state index contributed by atoms with van der Waals surface area (Å²) in [7, 11) is 4.37. The summed E-state index contributed by atoms with van der Waals surface area (Å²) in [6.45, 7) is 10.3. The maximum atomic E-state index is 12.5. The minimum absolute atomic E-state index is 0.0912. The number of quaternary nitrogens is 1. The van der Waals surface area contributed by atoms with Crippen LogP contribution in [0.1, 0.15) is 31.6 Å². The van der Waals surface area contributed by atoms with E-state index in [1.807, 2.05) is 4.90 Å². The Morgan fingerprint density at radius 1 is 1.21 bits per heavy atom. The number of hydrogen-bond acceptors (Lipinski definition) is 5. The van der Waals surface area contributed by atoms with Gasteiger partial charge in [0.25, 0.3) is 0 Å². The Morgan fingerprint density at radius 3 is 2.48 bits per heavy atom.